The predicted octanol–water partition coefficient (Wildman–Crippen LogP) is 2.91. The third-order valence-electron chi connectivity index (χ3n) is 4.02. The molecule has 3 heterocycles. The van der Waals surface area contributed by atoms with Crippen LogP contribution in [0, 0.1) is 0 Å². The van der Waals surface area contributed by atoms with Crippen molar-refractivity contribution in [3.8, 4) is 11.4 Å². The third kappa shape index (κ3) is 3.14. The summed E-state index contributed by atoms with van der Waals surface area (Å²) >= 11 is 0. The van der Waals surface area contributed by atoms with Crippen LogP contribution in [0.3, 0.4) is 0 Å². The SMILES string of the molecule is CC(NC(=O)c1cnc(-c2ccncc2)nc1)c1nc2ccccc2[nH]1. The Labute approximate surface area is 149 Å². The van der Waals surface area contributed by atoms with Gasteiger partial charge in [0.15, 0.2) is 5.82 Å². The molecule has 0 aliphatic heterocycles. The minimum absolute atomic E-state index is 0.251. The van der Waals surface area contributed by atoms with Crippen molar-refractivity contribution in [1.82, 2.24) is 30.2 Å². The highest BCUT2D eigenvalue weighted by atomic mass is 16.1. The minimum atomic E-state index is -0.269. The van der Waals surface area contributed by atoms with Gasteiger partial charge in [-0.15, -0.1) is 0 Å². The standard InChI is InChI=1S/C19H16N6O/c1-12(17-24-15-4-2-3-5-16(15)25-17)23-19(26)14-10-21-18(22-11-14)13-6-8-20-9-7-13/h2-12H,1H3,(H,23,26)(H,24,25). The molecule has 0 fully saturated rings. The van der Waals surface area contributed by atoms with Crippen molar-refractivity contribution in [2.45, 2.75) is 13.0 Å². The maximum atomic E-state index is 12.4. The number of hydrogen-bond acceptors (Lipinski definition) is 5. The Morgan fingerprint density at radius 1 is 1.08 bits per heavy atom. The van der Waals surface area contributed by atoms with Crippen LogP contribution in [0.2, 0.25) is 0 Å². The van der Waals surface area contributed by atoms with Gasteiger partial charge in [0.25, 0.3) is 5.91 Å². The first-order valence-electron chi connectivity index (χ1n) is 8.18. The maximum Gasteiger partial charge on any atom is 0.254 e. The molecule has 4 aromatic rings. The zero-order chi connectivity index (χ0) is 17.9. The van der Waals surface area contributed by atoms with Crippen molar-refractivity contribution < 1.29 is 4.79 Å². The Kier molecular flexibility index (Phi) is 4.10. The summed E-state index contributed by atoms with van der Waals surface area (Å²) in [5.74, 6) is 1.00. The van der Waals surface area contributed by atoms with Crippen LogP contribution in [0.5, 0.6) is 0 Å². The number of benzene rings is 1. The molecule has 128 valence electrons. The summed E-state index contributed by atoms with van der Waals surface area (Å²) in [6, 6.07) is 11.1. The predicted molar refractivity (Wildman–Crippen MR) is 97.2 cm³/mol. The summed E-state index contributed by atoms with van der Waals surface area (Å²) < 4.78 is 0. The molecular weight excluding hydrogens is 328 g/mol. The second kappa shape index (κ2) is 6.72. The summed E-state index contributed by atoms with van der Waals surface area (Å²) in [5, 5.41) is 2.91. The van der Waals surface area contributed by atoms with Crippen molar-refractivity contribution in [3.05, 3.63) is 72.6 Å². The number of hydrogen-bond donors (Lipinski definition) is 2. The molecule has 1 amide bonds. The van der Waals surface area contributed by atoms with Crippen LogP contribution in [0.15, 0.2) is 61.2 Å². The molecule has 3 aromatic heterocycles. The fraction of sp³-hybridized carbons (Fsp3) is 0.105. The van der Waals surface area contributed by atoms with Crippen molar-refractivity contribution in [1.29, 1.82) is 0 Å². The molecule has 0 aliphatic carbocycles. The van der Waals surface area contributed by atoms with E-state index in [1.807, 2.05) is 43.3 Å². The van der Waals surface area contributed by atoms with Gasteiger partial charge in [-0.2, -0.15) is 0 Å². The number of carbonyl (C=O) groups is 1. The molecule has 0 saturated carbocycles. The van der Waals surface area contributed by atoms with Crippen LogP contribution < -0.4 is 5.32 Å². The number of aromatic nitrogens is 5. The largest absolute Gasteiger partial charge is 0.342 e. The minimum Gasteiger partial charge on any atom is -0.342 e. The highest BCUT2D eigenvalue weighted by Gasteiger charge is 2.15. The Bertz CT molecular complexity index is 1010. The van der Waals surface area contributed by atoms with Gasteiger partial charge >= 0.3 is 0 Å². The van der Waals surface area contributed by atoms with Gasteiger partial charge < -0.3 is 10.3 Å². The molecule has 1 atom stereocenters. The van der Waals surface area contributed by atoms with Gasteiger partial charge in [-0.25, -0.2) is 15.0 Å². The zero-order valence-corrected chi connectivity index (χ0v) is 14.0. The third-order valence-corrected chi connectivity index (χ3v) is 4.02. The van der Waals surface area contributed by atoms with Crippen LogP contribution in [-0.4, -0.2) is 30.8 Å². The number of fused-ring (bicyclic) bond motifs is 1. The number of H-pyrrole nitrogens is 1. The lowest BCUT2D eigenvalue weighted by atomic mass is 10.2. The second-order valence-corrected chi connectivity index (χ2v) is 5.87. The lowest BCUT2D eigenvalue weighted by Gasteiger charge is -2.11. The molecule has 4 rings (SSSR count). The first-order valence-corrected chi connectivity index (χ1v) is 8.18. The number of imidazole rings is 1. The van der Waals surface area contributed by atoms with Crippen molar-refractivity contribution in [3.63, 3.8) is 0 Å². The maximum absolute atomic E-state index is 12.4. The Hall–Kier alpha value is -3.61. The van der Waals surface area contributed by atoms with E-state index in [4.69, 9.17) is 0 Å². The number of nitrogens with one attached hydrogen (secondary N) is 2. The van der Waals surface area contributed by atoms with Crippen LogP contribution in [0.4, 0.5) is 0 Å². The first-order chi connectivity index (χ1) is 12.7. The smallest absolute Gasteiger partial charge is 0.254 e. The van der Waals surface area contributed by atoms with Gasteiger partial charge in [0.1, 0.15) is 5.82 Å². The quantitative estimate of drug-likeness (QED) is 0.593. The van der Waals surface area contributed by atoms with E-state index in [0.717, 1.165) is 16.6 Å². The molecule has 7 nitrogen and oxygen atoms in total. The van der Waals surface area contributed by atoms with E-state index in [1.54, 1.807) is 12.4 Å². The molecule has 26 heavy (non-hydrogen) atoms. The number of carbonyl (C=O) groups excluding carboxylic acids is 1. The Balaban J connectivity index is 1.49. The number of pyridine rings is 1. The highest BCUT2D eigenvalue weighted by Crippen LogP contribution is 2.16. The van der Waals surface area contributed by atoms with E-state index < -0.39 is 0 Å². The van der Waals surface area contributed by atoms with Crippen LogP contribution in [0.25, 0.3) is 22.4 Å². The van der Waals surface area contributed by atoms with Crippen molar-refractivity contribution in [2.75, 3.05) is 0 Å². The van der Waals surface area contributed by atoms with Gasteiger partial charge in [0.2, 0.25) is 0 Å². The van der Waals surface area contributed by atoms with Crippen LogP contribution in [0.1, 0.15) is 29.1 Å². The molecule has 1 aromatic carbocycles. The summed E-state index contributed by atoms with van der Waals surface area (Å²) in [7, 11) is 0. The van der Waals surface area contributed by atoms with Crippen LogP contribution >= 0.6 is 0 Å². The monoisotopic (exact) mass is 344 g/mol. The summed E-state index contributed by atoms with van der Waals surface area (Å²) in [6.07, 6.45) is 6.38. The van der Waals surface area contributed by atoms with E-state index >= 15 is 0 Å². The molecule has 2 N–H and O–H groups in total. The Morgan fingerprint density at radius 3 is 2.54 bits per heavy atom. The van der Waals surface area contributed by atoms with E-state index in [2.05, 4.69) is 30.2 Å². The number of rotatable bonds is 4. The lowest BCUT2D eigenvalue weighted by molar-refractivity contribution is 0.0937. The molecule has 0 radical (unpaired) electrons. The summed E-state index contributed by atoms with van der Waals surface area (Å²) in [5.41, 5.74) is 3.05. The van der Waals surface area contributed by atoms with Gasteiger partial charge in [-0.1, -0.05) is 12.1 Å². The molecule has 0 saturated heterocycles. The Morgan fingerprint density at radius 2 is 1.81 bits per heavy atom. The zero-order valence-electron chi connectivity index (χ0n) is 14.0. The van der Waals surface area contributed by atoms with Crippen molar-refractivity contribution >= 4 is 16.9 Å². The molecular formula is C19H16N6O. The fourth-order valence-corrected chi connectivity index (χ4v) is 2.62. The number of nitrogens with zero attached hydrogens (tertiary/aromatic N) is 4. The number of amides is 1. The number of para-hydroxylation sites is 2. The van der Waals surface area contributed by atoms with Gasteiger partial charge in [-0.05, 0) is 31.2 Å². The summed E-state index contributed by atoms with van der Waals surface area (Å²) in [4.78, 5) is 32.7. The van der Waals surface area contributed by atoms with E-state index in [0.29, 0.717) is 17.2 Å². The molecule has 0 bridgehead atoms. The molecule has 0 aliphatic rings. The van der Waals surface area contributed by atoms with E-state index in [1.165, 1.54) is 12.4 Å². The molecule has 0 spiro atoms. The molecule has 1 unspecified atom stereocenters. The summed E-state index contributed by atoms with van der Waals surface area (Å²) in [6.45, 7) is 1.88. The molecule has 7 heteroatoms. The average molecular weight is 344 g/mol. The fourth-order valence-electron chi connectivity index (χ4n) is 2.62. The van der Waals surface area contributed by atoms with Gasteiger partial charge in [0, 0.05) is 30.4 Å². The highest BCUT2D eigenvalue weighted by molar-refractivity contribution is 5.94. The topological polar surface area (TPSA) is 96.5 Å². The van der Waals surface area contributed by atoms with Crippen LogP contribution in [-0.2, 0) is 0 Å². The van der Waals surface area contributed by atoms with E-state index in [-0.39, 0.29) is 11.9 Å². The van der Waals surface area contributed by atoms with Crippen molar-refractivity contribution in [2.24, 2.45) is 0 Å². The normalized spacial score (nSPS) is 12.0. The first kappa shape index (κ1) is 15.9. The van der Waals surface area contributed by atoms with Gasteiger partial charge in [-0.3, -0.25) is 9.78 Å². The average Bonchev–Trinajstić information content (AvgIpc) is 3.13. The number of aromatic amines is 1. The lowest BCUT2D eigenvalue weighted by Crippen LogP contribution is -2.27. The van der Waals surface area contributed by atoms with E-state index in [9.17, 15) is 4.79 Å². The van der Waals surface area contributed by atoms with Gasteiger partial charge in [0.05, 0.1) is 22.6 Å². The second-order valence-electron chi connectivity index (χ2n) is 5.87.